The Balaban J connectivity index is 1.57. The number of hydrogen-bond donors (Lipinski definition) is 1. The fourth-order valence-electron chi connectivity index (χ4n) is 3.20. The van der Waals surface area contributed by atoms with E-state index in [1.54, 1.807) is 12.1 Å². The molecule has 2 fully saturated rings. The van der Waals surface area contributed by atoms with E-state index in [0.29, 0.717) is 23.9 Å². The third-order valence-corrected chi connectivity index (χ3v) is 6.45. The van der Waals surface area contributed by atoms with Gasteiger partial charge in [0.15, 0.2) is 9.84 Å². The Kier molecular flexibility index (Phi) is 4.47. The van der Waals surface area contributed by atoms with E-state index < -0.39 is 9.84 Å². The van der Waals surface area contributed by atoms with Gasteiger partial charge in [-0.15, -0.1) is 0 Å². The standard InChI is InChI=1S/C17H24N2O3S/c1-12-3-7-16(8-4-12)23(21,22)11-13(2)18-14-9-17(20)19(10-14)15-5-6-15/h3-4,7-8,13-15,18H,5-6,9-11H2,1-2H3/t13-,14-/m0/s1. The summed E-state index contributed by atoms with van der Waals surface area (Å²) >= 11 is 0. The second-order valence-corrected chi connectivity index (χ2v) is 8.87. The number of carbonyl (C=O) groups excluding carboxylic acids is 1. The zero-order valence-electron chi connectivity index (χ0n) is 13.7. The first kappa shape index (κ1) is 16.5. The molecule has 1 saturated carbocycles. The number of amides is 1. The minimum atomic E-state index is -3.31. The number of sulfone groups is 1. The number of hydrogen-bond acceptors (Lipinski definition) is 4. The number of benzene rings is 1. The Morgan fingerprint density at radius 1 is 1.26 bits per heavy atom. The number of likely N-dealkylation sites (tertiary alicyclic amines) is 1. The summed E-state index contributed by atoms with van der Waals surface area (Å²) in [4.78, 5) is 14.3. The van der Waals surface area contributed by atoms with Gasteiger partial charge in [0, 0.05) is 31.1 Å². The van der Waals surface area contributed by atoms with Crippen molar-refractivity contribution in [2.75, 3.05) is 12.3 Å². The molecule has 0 bridgehead atoms. The Hall–Kier alpha value is -1.40. The Labute approximate surface area is 138 Å². The van der Waals surface area contributed by atoms with E-state index in [1.165, 1.54) is 0 Å². The molecule has 1 aliphatic carbocycles. The first-order chi connectivity index (χ1) is 10.8. The van der Waals surface area contributed by atoms with Crippen LogP contribution in [0.15, 0.2) is 29.2 Å². The molecule has 1 aromatic rings. The summed E-state index contributed by atoms with van der Waals surface area (Å²) in [5, 5.41) is 3.32. The van der Waals surface area contributed by atoms with E-state index in [1.807, 2.05) is 30.9 Å². The van der Waals surface area contributed by atoms with Crippen LogP contribution in [0.2, 0.25) is 0 Å². The highest BCUT2D eigenvalue weighted by Crippen LogP contribution is 2.30. The molecule has 1 heterocycles. The Bertz CT molecular complexity index is 680. The minimum Gasteiger partial charge on any atom is -0.338 e. The smallest absolute Gasteiger partial charge is 0.224 e. The lowest BCUT2D eigenvalue weighted by Crippen LogP contribution is -2.42. The molecule has 1 aliphatic heterocycles. The van der Waals surface area contributed by atoms with Crippen LogP contribution in [0.3, 0.4) is 0 Å². The van der Waals surface area contributed by atoms with Crippen LogP contribution in [0.1, 0.15) is 31.7 Å². The van der Waals surface area contributed by atoms with Crippen molar-refractivity contribution in [2.45, 2.75) is 56.1 Å². The lowest BCUT2D eigenvalue weighted by molar-refractivity contribution is -0.128. The molecule has 5 nitrogen and oxygen atoms in total. The largest absolute Gasteiger partial charge is 0.338 e. The van der Waals surface area contributed by atoms with Gasteiger partial charge in [0.2, 0.25) is 5.91 Å². The molecule has 1 amide bonds. The zero-order valence-corrected chi connectivity index (χ0v) is 14.5. The lowest BCUT2D eigenvalue weighted by atomic mass is 10.2. The predicted octanol–water partition coefficient (Wildman–Crippen LogP) is 1.51. The van der Waals surface area contributed by atoms with Crippen molar-refractivity contribution in [1.82, 2.24) is 10.2 Å². The summed E-state index contributed by atoms with van der Waals surface area (Å²) in [7, 11) is -3.31. The molecule has 6 heteroatoms. The van der Waals surface area contributed by atoms with Gasteiger partial charge in [-0.05, 0) is 38.8 Å². The molecule has 0 spiro atoms. The van der Waals surface area contributed by atoms with Gasteiger partial charge >= 0.3 is 0 Å². The third kappa shape index (κ3) is 3.93. The minimum absolute atomic E-state index is 0.0458. The SMILES string of the molecule is Cc1ccc(S(=O)(=O)C[C@H](C)N[C@H]2CC(=O)N(C3CC3)C2)cc1. The van der Waals surface area contributed by atoms with Crippen molar-refractivity contribution in [2.24, 2.45) is 0 Å². The maximum absolute atomic E-state index is 12.5. The van der Waals surface area contributed by atoms with Crippen LogP contribution < -0.4 is 5.32 Å². The number of nitrogens with zero attached hydrogens (tertiary/aromatic N) is 1. The van der Waals surface area contributed by atoms with Gasteiger partial charge in [-0.25, -0.2) is 8.42 Å². The molecule has 3 rings (SSSR count). The molecule has 1 aromatic carbocycles. The first-order valence-electron chi connectivity index (χ1n) is 8.20. The number of carbonyl (C=O) groups is 1. The highest BCUT2D eigenvalue weighted by molar-refractivity contribution is 7.91. The fourth-order valence-corrected chi connectivity index (χ4v) is 4.70. The number of rotatable bonds is 6. The molecule has 2 aliphatic rings. The zero-order chi connectivity index (χ0) is 16.6. The highest BCUT2D eigenvalue weighted by Gasteiger charge is 2.39. The van der Waals surface area contributed by atoms with Crippen molar-refractivity contribution in [3.63, 3.8) is 0 Å². The maximum atomic E-state index is 12.5. The van der Waals surface area contributed by atoms with E-state index in [-0.39, 0.29) is 23.7 Å². The molecule has 1 N–H and O–H groups in total. The third-order valence-electron chi connectivity index (χ3n) is 4.52. The van der Waals surface area contributed by atoms with Crippen molar-refractivity contribution in [3.8, 4) is 0 Å². The van der Waals surface area contributed by atoms with Crippen LogP contribution >= 0.6 is 0 Å². The van der Waals surface area contributed by atoms with E-state index in [2.05, 4.69) is 5.32 Å². The topological polar surface area (TPSA) is 66.5 Å². The average molecular weight is 336 g/mol. The quantitative estimate of drug-likeness (QED) is 0.855. The van der Waals surface area contributed by atoms with Gasteiger partial charge in [0.25, 0.3) is 0 Å². The summed E-state index contributed by atoms with van der Waals surface area (Å²) in [5.41, 5.74) is 1.04. The summed E-state index contributed by atoms with van der Waals surface area (Å²) in [6.45, 7) is 4.51. The van der Waals surface area contributed by atoms with Crippen molar-refractivity contribution in [3.05, 3.63) is 29.8 Å². The molecule has 23 heavy (non-hydrogen) atoms. The second kappa shape index (κ2) is 6.24. The summed E-state index contributed by atoms with van der Waals surface area (Å²) in [6, 6.07) is 7.25. The predicted molar refractivity (Wildman–Crippen MR) is 89.0 cm³/mol. The maximum Gasteiger partial charge on any atom is 0.224 e. The monoisotopic (exact) mass is 336 g/mol. The molecule has 126 valence electrons. The summed E-state index contributed by atoms with van der Waals surface area (Å²) < 4.78 is 24.9. The van der Waals surface area contributed by atoms with Gasteiger partial charge in [0.1, 0.15) is 0 Å². The van der Waals surface area contributed by atoms with Crippen LogP contribution in [0, 0.1) is 6.92 Å². The van der Waals surface area contributed by atoms with Gasteiger partial charge in [-0.1, -0.05) is 17.7 Å². The van der Waals surface area contributed by atoms with Crippen molar-refractivity contribution in [1.29, 1.82) is 0 Å². The average Bonchev–Trinajstić information content (AvgIpc) is 3.23. The molecule has 0 radical (unpaired) electrons. The van der Waals surface area contributed by atoms with Crippen LogP contribution in [0.5, 0.6) is 0 Å². The molecule has 2 atom stereocenters. The number of aryl methyl sites for hydroxylation is 1. The summed E-state index contributed by atoms with van der Waals surface area (Å²) in [6.07, 6.45) is 2.69. The molecule has 0 unspecified atom stereocenters. The Morgan fingerprint density at radius 2 is 1.91 bits per heavy atom. The highest BCUT2D eigenvalue weighted by atomic mass is 32.2. The van der Waals surface area contributed by atoms with Gasteiger partial charge in [-0.3, -0.25) is 4.79 Å². The molecule has 1 saturated heterocycles. The second-order valence-electron chi connectivity index (χ2n) is 6.84. The van der Waals surface area contributed by atoms with Crippen LogP contribution in [0.4, 0.5) is 0 Å². The number of nitrogens with one attached hydrogen (secondary N) is 1. The fraction of sp³-hybridized carbons (Fsp3) is 0.588. The van der Waals surface area contributed by atoms with E-state index in [4.69, 9.17) is 0 Å². The van der Waals surface area contributed by atoms with E-state index >= 15 is 0 Å². The van der Waals surface area contributed by atoms with E-state index in [0.717, 1.165) is 18.4 Å². The van der Waals surface area contributed by atoms with Crippen molar-refractivity contribution >= 4 is 15.7 Å². The van der Waals surface area contributed by atoms with Gasteiger partial charge in [0.05, 0.1) is 10.6 Å². The van der Waals surface area contributed by atoms with Crippen LogP contribution in [-0.2, 0) is 14.6 Å². The van der Waals surface area contributed by atoms with Gasteiger partial charge in [-0.2, -0.15) is 0 Å². The van der Waals surface area contributed by atoms with Gasteiger partial charge < -0.3 is 10.2 Å². The summed E-state index contributed by atoms with van der Waals surface area (Å²) in [5.74, 6) is 0.239. The van der Waals surface area contributed by atoms with Crippen LogP contribution in [0.25, 0.3) is 0 Å². The normalized spacial score (nSPS) is 23.3. The first-order valence-corrected chi connectivity index (χ1v) is 9.85. The Morgan fingerprint density at radius 3 is 2.52 bits per heavy atom. The molecular formula is C17H24N2O3S. The lowest BCUT2D eigenvalue weighted by Gasteiger charge is -2.20. The van der Waals surface area contributed by atoms with Crippen LogP contribution in [-0.4, -0.2) is 49.6 Å². The molecule has 0 aromatic heterocycles. The van der Waals surface area contributed by atoms with E-state index in [9.17, 15) is 13.2 Å². The molecular weight excluding hydrogens is 312 g/mol. The van der Waals surface area contributed by atoms with Crippen molar-refractivity contribution < 1.29 is 13.2 Å².